The molecule has 1 fully saturated rings. The minimum absolute atomic E-state index is 0.0614. The number of nitrogens with zero attached hydrogens (tertiary/aromatic N) is 1. The van der Waals surface area contributed by atoms with E-state index in [0.717, 1.165) is 30.8 Å². The highest BCUT2D eigenvalue weighted by Gasteiger charge is 2.25. The van der Waals surface area contributed by atoms with Crippen LogP contribution in [0.1, 0.15) is 15.9 Å². The summed E-state index contributed by atoms with van der Waals surface area (Å²) in [4.78, 5) is 27.8. The van der Waals surface area contributed by atoms with Crippen LogP contribution in [-0.4, -0.2) is 63.1 Å². The van der Waals surface area contributed by atoms with Gasteiger partial charge in [0.25, 0.3) is 11.8 Å². The second-order valence-corrected chi connectivity index (χ2v) is 7.03. The highest BCUT2D eigenvalue weighted by atomic mass is 16.5. The Kier molecular flexibility index (Phi) is 7.03. The van der Waals surface area contributed by atoms with E-state index in [1.807, 2.05) is 59.5 Å². The number of hydrogen-bond donors (Lipinski definition) is 2. The summed E-state index contributed by atoms with van der Waals surface area (Å²) in [7, 11) is 1.65. The summed E-state index contributed by atoms with van der Waals surface area (Å²) in [6.45, 7) is 4.03. The van der Waals surface area contributed by atoms with Crippen molar-refractivity contribution in [2.75, 3.05) is 46.4 Å². The SMILES string of the molecule is COc1ccc(CCNC(=O)C[NH+]2CCN(C(=O)c3ccccc3)CC2)cc1. The number of amides is 2. The van der Waals surface area contributed by atoms with Crippen molar-refractivity contribution in [1.82, 2.24) is 10.2 Å². The first kappa shape index (κ1) is 19.9. The normalized spacial score (nSPS) is 14.5. The third-order valence-corrected chi connectivity index (χ3v) is 5.08. The van der Waals surface area contributed by atoms with Gasteiger partial charge in [-0.1, -0.05) is 30.3 Å². The molecular formula is C22H28N3O3+. The summed E-state index contributed by atoms with van der Waals surface area (Å²) in [5.74, 6) is 0.969. The molecule has 6 heteroatoms. The number of hydrogen-bond acceptors (Lipinski definition) is 3. The Bertz CT molecular complexity index is 769. The van der Waals surface area contributed by atoms with Crippen LogP contribution >= 0.6 is 0 Å². The zero-order valence-corrected chi connectivity index (χ0v) is 16.3. The zero-order chi connectivity index (χ0) is 19.8. The number of benzene rings is 2. The molecule has 0 bridgehead atoms. The third kappa shape index (κ3) is 5.57. The lowest BCUT2D eigenvalue weighted by molar-refractivity contribution is -0.896. The Morgan fingerprint density at radius 1 is 1.04 bits per heavy atom. The van der Waals surface area contributed by atoms with Gasteiger partial charge in [0.05, 0.1) is 33.3 Å². The number of ether oxygens (including phenoxy) is 1. The summed E-state index contributed by atoms with van der Waals surface area (Å²) in [6.07, 6.45) is 0.796. The van der Waals surface area contributed by atoms with Crippen LogP contribution in [0.2, 0.25) is 0 Å². The van der Waals surface area contributed by atoms with Crippen LogP contribution in [0.15, 0.2) is 54.6 Å². The fourth-order valence-electron chi connectivity index (χ4n) is 3.39. The van der Waals surface area contributed by atoms with Crippen molar-refractivity contribution in [2.24, 2.45) is 0 Å². The number of piperazine rings is 1. The first-order chi connectivity index (χ1) is 13.7. The first-order valence-electron chi connectivity index (χ1n) is 9.73. The predicted octanol–water partition coefficient (Wildman–Crippen LogP) is 0.395. The van der Waals surface area contributed by atoms with Gasteiger partial charge in [-0.05, 0) is 36.2 Å². The molecule has 1 heterocycles. The summed E-state index contributed by atoms with van der Waals surface area (Å²) in [6, 6.07) is 17.2. The molecule has 0 radical (unpaired) electrons. The highest BCUT2D eigenvalue weighted by Crippen LogP contribution is 2.11. The van der Waals surface area contributed by atoms with Crippen molar-refractivity contribution >= 4 is 11.8 Å². The van der Waals surface area contributed by atoms with Gasteiger partial charge in [-0.15, -0.1) is 0 Å². The number of rotatable bonds is 7. The van der Waals surface area contributed by atoms with E-state index < -0.39 is 0 Å². The smallest absolute Gasteiger partial charge is 0.275 e. The van der Waals surface area contributed by atoms with Crippen LogP contribution in [0.4, 0.5) is 0 Å². The Labute approximate surface area is 166 Å². The Balaban J connectivity index is 1.36. The second kappa shape index (κ2) is 9.90. The van der Waals surface area contributed by atoms with Crippen LogP contribution in [-0.2, 0) is 11.2 Å². The van der Waals surface area contributed by atoms with Gasteiger partial charge in [-0.25, -0.2) is 0 Å². The number of carbonyl (C=O) groups excluding carboxylic acids is 2. The van der Waals surface area contributed by atoms with E-state index in [2.05, 4.69) is 5.32 Å². The fourth-order valence-corrected chi connectivity index (χ4v) is 3.39. The average molecular weight is 382 g/mol. The van der Waals surface area contributed by atoms with Gasteiger partial charge >= 0.3 is 0 Å². The van der Waals surface area contributed by atoms with Crippen LogP contribution in [0.3, 0.4) is 0 Å². The molecule has 2 amide bonds. The van der Waals surface area contributed by atoms with Gasteiger partial charge < -0.3 is 19.9 Å². The highest BCUT2D eigenvalue weighted by molar-refractivity contribution is 5.94. The molecule has 0 aromatic heterocycles. The van der Waals surface area contributed by atoms with E-state index in [4.69, 9.17) is 4.74 Å². The summed E-state index contributed by atoms with van der Waals surface area (Å²) >= 11 is 0. The molecule has 0 unspecified atom stereocenters. The van der Waals surface area contributed by atoms with Gasteiger partial charge in [-0.3, -0.25) is 9.59 Å². The molecule has 0 aliphatic carbocycles. The summed E-state index contributed by atoms with van der Waals surface area (Å²) in [5, 5.41) is 3.00. The quantitative estimate of drug-likeness (QED) is 0.729. The molecule has 2 N–H and O–H groups in total. The van der Waals surface area contributed by atoms with E-state index in [1.54, 1.807) is 7.11 Å². The van der Waals surface area contributed by atoms with E-state index in [0.29, 0.717) is 26.2 Å². The lowest BCUT2D eigenvalue weighted by Gasteiger charge is -2.32. The fraction of sp³-hybridized carbons (Fsp3) is 0.364. The van der Waals surface area contributed by atoms with E-state index >= 15 is 0 Å². The van der Waals surface area contributed by atoms with Crippen LogP contribution in [0, 0.1) is 0 Å². The molecule has 148 valence electrons. The molecule has 1 aliphatic rings. The number of carbonyl (C=O) groups is 2. The molecule has 2 aromatic rings. The molecule has 28 heavy (non-hydrogen) atoms. The van der Waals surface area contributed by atoms with Crippen molar-refractivity contribution < 1.29 is 19.2 Å². The van der Waals surface area contributed by atoms with Gasteiger partial charge in [0.15, 0.2) is 6.54 Å². The second-order valence-electron chi connectivity index (χ2n) is 7.03. The van der Waals surface area contributed by atoms with Crippen molar-refractivity contribution in [1.29, 1.82) is 0 Å². The third-order valence-electron chi connectivity index (χ3n) is 5.08. The maximum atomic E-state index is 12.5. The Morgan fingerprint density at radius 3 is 2.36 bits per heavy atom. The van der Waals surface area contributed by atoms with Gasteiger partial charge in [0.1, 0.15) is 5.75 Å². The van der Waals surface area contributed by atoms with E-state index in [9.17, 15) is 9.59 Å². The minimum atomic E-state index is 0.0614. The lowest BCUT2D eigenvalue weighted by Crippen LogP contribution is -3.15. The van der Waals surface area contributed by atoms with Crippen molar-refractivity contribution in [3.8, 4) is 5.75 Å². The summed E-state index contributed by atoms with van der Waals surface area (Å²) < 4.78 is 5.15. The van der Waals surface area contributed by atoms with E-state index in [1.165, 1.54) is 10.5 Å². The summed E-state index contributed by atoms with van der Waals surface area (Å²) in [5.41, 5.74) is 1.89. The molecule has 6 nitrogen and oxygen atoms in total. The van der Waals surface area contributed by atoms with Crippen molar-refractivity contribution in [2.45, 2.75) is 6.42 Å². The number of nitrogens with one attached hydrogen (secondary N) is 2. The molecule has 1 aliphatic heterocycles. The molecule has 0 spiro atoms. The maximum absolute atomic E-state index is 12.5. The van der Waals surface area contributed by atoms with Crippen molar-refractivity contribution in [3.05, 3.63) is 65.7 Å². The predicted molar refractivity (Wildman–Crippen MR) is 108 cm³/mol. The minimum Gasteiger partial charge on any atom is -0.497 e. The van der Waals surface area contributed by atoms with Gasteiger partial charge in [-0.2, -0.15) is 0 Å². The van der Waals surface area contributed by atoms with E-state index in [-0.39, 0.29) is 11.8 Å². The number of quaternary nitrogens is 1. The topological polar surface area (TPSA) is 63.1 Å². The van der Waals surface area contributed by atoms with Gasteiger partial charge in [0, 0.05) is 12.1 Å². The van der Waals surface area contributed by atoms with Crippen LogP contribution in [0.5, 0.6) is 5.75 Å². The first-order valence-corrected chi connectivity index (χ1v) is 9.73. The molecular weight excluding hydrogens is 354 g/mol. The van der Waals surface area contributed by atoms with Crippen LogP contribution in [0.25, 0.3) is 0 Å². The molecule has 2 aromatic carbocycles. The van der Waals surface area contributed by atoms with Gasteiger partial charge in [0.2, 0.25) is 0 Å². The van der Waals surface area contributed by atoms with Crippen LogP contribution < -0.4 is 15.0 Å². The largest absolute Gasteiger partial charge is 0.497 e. The Morgan fingerprint density at radius 2 is 1.71 bits per heavy atom. The van der Waals surface area contributed by atoms with Crippen molar-refractivity contribution in [3.63, 3.8) is 0 Å². The Hall–Kier alpha value is -2.86. The standard InChI is InChI=1S/C22H27N3O3/c1-28-20-9-7-18(8-10-20)11-12-23-21(26)17-24-13-15-25(16-14-24)22(27)19-5-3-2-4-6-19/h2-10H,11-17H2,1H3,(H,23,26)/p+1. The number of methoxy groups -OCH3 is 1. The molecule has 3 rings (SSSR count). The molecule has 1 saturated heterocycles. The zero-order valence-electron chi connectivity index (χ0n) is 16.3. The molecule has 0 atom stereocenters. The maximum Gasteiger partial charge on any atom is 0.275 e. The lowest BCUT2D eigenvalue weighted by atomic mass is 10.1. The average Bonchev–Trinajstić information content (AvgIpc) is 2.75. The molecule has 0 saturated carbocycles. The monoisotopic (exact) mass is 382 g/mol.